The van der Waals surface area contributed by atoms with Gasteiger partial charge in [0.2, 0.25) is 5.91 Å². The number of aromatic nitrogens is 1. The van der Waals surface area contributed by atoms with Gasteiger partial charge in [0.25, 0.3) is 0 Å². The van der Waals surface area contributed by atoms with Crippen molar-refractivity contribution in [2.45, 2.75) is 19.1 Å². The van der Waals surface area contributed by atoms with Gasteiger partial charge in [-0.25, -0.2) is 4.98 Å². The summed E-state index contributed by atoms with van der Waals surface area (Å²) in [4.78, 5) is 16.7. The molecule has 5 nitrogen and oxygen atoms in total. The maximum Gasteiger partial charge on any atom is 0.225 e. The van der Waals surface area contributed by atoms with Gasteiger partial charge >= 0.3 is 0 Å². The van der Waals surface area contributed by atoms with Crippen LogP contribution in [0.15, 0.2) is 95.9 Å². The Kier molecular flexibility index (Phi) is 6.65. The van der Waals surface area contributed by atoms with Crippen molar-refractivity contribution in [1.29, 1.82) is 0 Å². The highest BCUT2D eigenvalue weighted by Crippen LogP contribution is 2.24. The van der Waals surface area contributed by atoms with E-state index < -0.39 is 0 Å². The minimum Gasteiger partial charge on any atom is -0.486 e. The highest BCUT2D eigenvalue weighted by Gasteiger charge is 2.17. The Balaban J connectivity index is 1.41. The fourth-order valence-corrected chi connectivity index (χ4v) is 3.35. The van der Waals surface area contributed by atoms with Crippen molar-refractivity contribution >= 4 is 17.5 Å². The molecule has 1 N–H and O–H groups in total. The number of oxazole rings is 1. The summed E-state index contributed by atoms with van der Waals surface area (Å²) in [5.41, 5.74) is 2.88. The summed E-state index contributed by atoms with van der Waals surface area (Å²) in [6.45, 7) is 0.305. The molecule has 1 unspecified atom stereocenters. The van der Waals surface area contributed by atoms with E-state index in [0.29, 0.717) is 23.1 Å². The summed E-state index contributed by atoms with van der Waals surface area (Å²) in [7, 11) is 0. The molecular formula is C25H21ClN2O3. The molecule has 0 aliphatic heterocycles. The van der Waals surface area contributed by atoms with Gasteiger partial charge in [-0.3, -0.25) is 4.79 Å². The molecule has 3 aromatic carbocycles. The summed E-state index contributed by atoms with van der Waals surface area (Å²) in [5.74, 6) is 1.28. The first-order chi connectivity index (χ1) is 15.2. The number of nitrogens with zero attached hydrogens (tertiary/aromatic N) is 1. The normalized spacial score (nSPS) is 11.6. The van der Waals surface area contributed by atoms with E-state index in [0.717, 1.165) is 16.7 Å². The zero-order chi connectivity index (χ0) is 21.5. The smallest absolute Gasteiger partial charge is 0.225 e. The average Bonchev–Trinajstić information content (AvgIpc) is 3.32. The molecule has 4 rings (SSSR count). The SMILES string of the molecule is O=C(Cc1ccc(OCc2cnco2)cc1)NC(c1ccccc1)c1ccc(Cl)cc1. The molecule has 4 aromatic rings. The van der Waals surface area contributed by atoms with Crippen molar-refractivity contribution in [3.63, 3.8) is 0 Å². The van der Waals surface area contributed by atoms with Crippen LogP contribution in [-0.2, 0) is 17.8 Å². The molecule has 1 atom stereocenters. The van der Waals surface area contributed by atoms with Gasteiger partial charge in [0.15, 0.2) is 12.2 Å². The van der Waals surface area contributed by atoms with E-state index >= 15 is 0 Å². The molecule has 6 heteroatoms. The number of rotatable bonds is 8. The van der Waals surface area contributed by atoms with Gasteiger partial charge in [-0.05, 0) is 41.0 Å². The molecule has 0 fully saturated rings. The molecule has 0 radical (unpaired) electrons. The molecule has 0 saturated carbocycles. The van der Waals surface area contributed by atoms with Gasteiger partial charge in [-0.1, -0.05) is 66.2 Å². The van der Waals surface area contributed by atoms with Crippen molar-refractivity contribution in [1.82, 2.24) is 10.3 Å². The molecule has 0 saturated heterocycles. The highest BCUT2D eigenvalue weighted by molar-refractivity contribution is 6.30. The predicted octanol–water partition coefficient (Wildman–Crippen LogP) is 5.36. The first kappa shape index (κ1) is 20.7. The fraction of sp³-hybridized carbons (Fsp3) is 0.120. The topological polar surface area (TPSA) is 64.4 Å². The van der Waals surface area contributed by atoms with Gasteiger partial charge < -0.3 is 14.5 Å². The third-order valence-electron chi connectivity index (χ3n) is 4.79. The van der Waals surface area contributed by atoms with E-state index in [-0.39, 0.29) is 18.4 Å². The quantitative estimate of drug-likeness (QED) is 0.407. The molecule has 0 aliphatic rings. The Morgan fingerprint density at radius 3 is 2.35 bits per heavy atom. The van der Waals surface area contributed by atoms with E-state index in [4.69, 9.17) is 20.8 Å². The van der Waals surface area contributed by atoms with Crippen LogP contribution in [0.1, 0.15) is 28.5 Å². The van der Waals surface area contributed by atoms with Crippen molar-refractivity contribution in [3.8, 4) is 5.75 Å². The van der Waals surface area contributed by atoms with Crippen LogP contribution in [0.4, 0.5) is 0 Å². The molecule has 0 spiro atoms. The number of nitrogens with one attached hydrogen (secondary N) is 1. The fourth-order valence-electron chi connectivity index (χ4n) is 3.23. The third-order valence-corrected chi connectivity index (χ3v) is 5.05. The number of hydrogen-bond acceptors (Lipinski definition) is 4. The van der Waals surface area contributed by atoms with Crippen LogP contribution in [0.2, 0.25) is 5.02 Å². The summed E-state index contributed by atoms with van der Waals surface area (Å²) in [6.07, 6.45) is 3.25. The Morgan fingerprint density at radius 2 is 1.68 bits per heavy atom. The molecule has 156 valence electrons. The van der Waals surface area contributed by atoms with Gasteiger partial charge in [-0.2, -0.15) is 0 Å². The first-order valence-corrected chi connectivity index (χ1v) is 10.2. The molecular weight excluding hydrogens is 412 g/mol. The van der Waals surface area contributed by atoms with Gasteiger partial charge in [0.05, 0.1) is 18.7 Å². The number of halogens is 1. The molecule has 1 heterocycles. The Labute approximate surface area is 185 Å². The zero-order valence-electron chi connectivity index (χ0n) is 16.7. The van der Waals surface area contributed by atoms with Crippen LogP contribution in [0.5, 0.6) is 5.75 Å². The van der Waals surface area contributed by atoms with Crippen LogP contribution >= 0.6 is 11.6 Å². The number of ether oxygens (including phenoxy) is 1. The summed E-state index contributed by atoms with van der Waals surface area (Å²) < 4.78 is 10.8. The van der Waals surface area contributed by atoms with E-state index in [9.17, 15) is 4.79 Å². The molecule has 1 amide bonds. The van der Waals surface area contributed by atoms with E-state index in [1.807, 2.05) is 78.9 Å². The minimum atomic E-state index is -0.254. The number of benzene rings is 3. The number of amides is 1. The second kappa shape index (κ2) is 9.96. The van der Waals surface area contributed by atoms with Gasteiger partial charge in [0.1, 0.15) is 12.4 Å². The largest absolute Gasteiger partial charge is 0.486 e. The highest BCUT2D eigenvalue weighted by atomic mass is 35.5. The van der Waals surface area contributed by atoms with Crippen molar-refractivity contribution in [2.24, 2.45) is 0 Å². The Bertz CT molecular complexity index is 1100. The van der Waals surface area contributed by atoms with Crippen LogP contribution in [-0.4, -0.2) is 10.9 Å². The standard InChI is InChI=1S/C25H21ClN2O3/c26-21-10-8-20(9-11-21)25(19-4-2-1-3-5-19)28-24(29)14-18-6-12-22(13-7-18)30-16-23-15-27-17-31-23/h1-13,15,17,25H,14,16H2,(H,28,29). The monoisotopic (exact) mass is 432 g/mol. The van der Waals surface area contributed by atoms with Crippen molar-refractivity contribution < 1.29 is 13.9 Å². The Hall–Kier alpha value is -3.57. The van der Waals surface area contributed by atoms with Crippen molar-refractivity contribution in [3.05, 3.63) is 119 Å². The molecule has 31 heavy (non-hydrogen) atoms. The van der Waals surface area contributed by atoms with E-state index in [2.05, 4.69) is 10.3 Å². The average molecular weight is 433 g/mol. The van der Waals surface area contributed by atoms with Crippen LogP contribution < -0.4 is 10.1 Å². The number of carbonyl (C=O) groups excluding carboxylic acids is 1. The minimum absolute atomic E-state index is 0.0702. The maximum absolute atomic E-state index is 12.8. The van der Waals surface area contributed by atoms with E-state index in [1.165, 1.54) is 6.39 Å². The summed E-state index contributed by atoms with van der Waals surface area (Å²) in [6, 6.07) is 24.6. The Morgan fingerprint density at radius 1 is 0.968 bits per heavy atom. The van der Waals surface area contributed by atoms with Crippen LogP contribution in [0.25, 0.3) is 0 Å². The zero-order valence-corrected chi connectivity index (χ0v) is 17.5. The number of hydrogen-bond donors (Lipinski definition) is 1. The van der Waals surface area contributed by atoms with Crippen LogP contribution in [0, 0.1) is 0 Å². The van der Waals surface area contributed by atoms with Gasteiger partial charge in [-0.15, -0.1) is 0 Å². The molecule has 0 aliphatic carbocycles. The second-order valence-electron chi connectivity index (χ2n) is 7.04. The first-order valence-electron chi connectivity index (χ1n) is 9.86. The lowest BCUT2D eigenvalue weighted by molar-refractivity contribution is -0.120. The molecule has 1 aromatic heterocycles. The third kappa shape index (κ3) is 5.74. The van der Waals surface area contributed by atoms with Gasteiger partial charge in [0, 0.05) is 5.02 Å². The summed E-state index contributed by atoms with van der Waals surface area (Å²) in [5, 5.41) is 3.80. The van der Waals surface area contributed by atoms with Crippen LogP contribution in [0.3, 0.4) is 0 Å². The molecule has 0 bridgehead atoms. The lowest BCUT2D eigenvalue weighted by Gasteiger charge is -2.20. The summed E-state index contributed by atoms with van der Waals surface area (Å²) >= 11 is 6.03. The van der Waals surface area contributed by atoms with E-state index in [1.54, 1.807) is 6.20 Å². The van der Waals surface area contributed by atoms with Crippen molar-refractivity contribution in [2.75, 3.05) is 0 Å². The maximum atomic E-state index is 12.8. The lowest BCUT2D eigenvalue weighted by atomic mass is 9.98. The lowest BCUT2D eigenvalue weighted by Crippen LogP contribution is -2.30. The predicted molar refractivity (Wildman–Crippen MR) is 119 cm³/mol. The number of carbonyl (C=O) groups is 1. The second-order valence-corrected chi connectivity index (χ2v) is 7.48.